The van der Waals surface area contributed by atoms with Gasteiger partial charge in [0.05, 0.1) is 26.4 Å². The highest BCUT2D eigenvalue weighted by Gasteiger charge is 2.30. The number of esters is 4. The number of hydrogen-bond donors (Lipinski definition) is 3. The number of hydrogen-bond acceptors (Lipinski definition) is 15. The molecule has 6 atom stereocenters. The summed E-state index contributed by atoms with van der Waals surface area (Å²) in [6.07, 6.45) is 38.9. The van der Waals surface area contributed by atoms with E-state index in [-0.39, 0.29) is 25.7 Å². The van der Waals surface area contributed by atoms with E-state index in [1.54, 1.807) is 0 Å². The first-order valence-corrected chi connectivity index (χ1v) is 38.2. The summed E-state index contributed by atoms with van der Waals surface area (Å²) >= 11 is 0. The molecule has 0 aliphatic carbocycles. The Balaban J connectivity index is 5.27. The van der Waals surface area contributed by atoms with Crippen molar-refractivity contribution in [3.63, 3.8) is 0 Å². The number of rotatable bonds is 65. The molecule has 17 nitrogen and oxygen atoms in total. The van der Waals surface area contributed by atoms with Crippen molar-refractivity contribution in [2.24, 2.45) is 23.7 Å². The number of unbranched alkanes of at least 4 members (excludes halogenated alkanes) is 30. The molecule has 19 heteroatoms. The summed E-state index contributed by atoms with van der Waals surface area (Å²) in [6.45, 7) is 14.0. The number of carbonyl (C=O) groups is 4. The highest BCUT2D eigenvalue weighted by Crippen LogP contribution is 2.45. The van der Waals surface area contributed by atoms with Crippen molar-refractivity contribution >= 4 is 39.5 Å². The number of phosphoric acid groups is 2. The smallest absolute Gasteiger partial charge is 0.462 e. The van der Waals surface area contributed by atoms with E-state index in [0.29, 0.717) is 31.6 Å². The Labute approximate surface area is 530 Å². The van der Waals surface area contributed by atoms with E-state index in [1.165, 1.54) is 128 Å². The number of aliphatic hydroxyl groups is 1. The van der Waals surface area contributed by atoms with Crippen LogP contribution in [0.3, 0.4) is 0 Å². The Bertz CT molecular complexity index is 1730. The first-order valence-electron chi connectivity index (χ1n) is 35.2. The van der Waals surface area contributed by atoms with Gasteiger partial charge in [-0.3, -0.25) is 37.3 Å². The van der Waals surface area contributed by atoms with Crippen LogP contribution < -0.4 is 0 Å². The van der Waals surface area contributed by atoms with Crippen LogP contribution in [0.4, 0.5) is 0 Å². The second-order valence-electron chi connectivity index (χ2n) is 26.2. The largest absolute Gasteiger partial charge is 0.472 e. The van der Waals surface area contributed by atoms with Crippen molar-refractivity contribution in [2.75, 3.05) is 39.6 Å². The topological polar surface area (TPSA) is 237 Å². The van der Waals surface area contributed by atoms with Gasteiger partial charge in [-0.25, -0.2) is 9.13 Å². The Morgan fingerprint density at radius 2 is 0.552 bits per heavy atom. The standard InChI is InChI=1S/C68H132O17P2/c1-9-61(8)47-39-31-23-17-18-26-35-43-51-68(73)85-63(54-78-65(70)48-40-32-24-16-12-14-21-29-37-45-59(4)5)56-82-86(74,75)80-52-62(69)53-81-87(76,77)83-57-64(55-79-66(71)49-41-33-27-19-22-30-38-46-60(6)7)84-67(72)50-42-34-25-15-11-10-13-20-28-36-44-58(2)3/h58-64,69H,9-57H2,1-8H3,(H,74,75)(H,76,77)/t61?,62?,63-,64-/m1/s1. The number of ether oxygens (including phenoxy) is 4. The van der Waals surface area contributed by atoms with Crippen LogP contribution in [-0.4, -0.2) is 96.7 Å². The van der Waals surface area contributed by atoms with Gasteiger partial charge in [0.1, 0.15) is 19.3 Å². The average Bonchev–Trinajstić information content (AvgIpc) is 3.51. The molecule has 0 spiro atoms. The number of phosphoric ester groups is 2. The normalized spacial score (nSPS) is 14.6. The van der Waals surface area contributed by atoms with Gasteiger partial charge < -0.3 is 33.8 Å². The highest BCUT2D eigenvalue weighted by atomic mass is 31.2. The number of aliphatic hydroxyl groups excluding tert-OH is 1. The Morgan fingerprint density at radius 3 is 0.816 bits per heavy atom. The van der Waals surface area contributed by atoms with Gasteiger partial charge in [0.15, 0.2) is 12.2 Å². The predicted octanol–water partition coefficient (Wildman–Crippen LogP) is 18.9. The molecule has 0 rings (SSSR count). The monoisotopic (exact) mass is 1280 g/mol. The molecule has 0 aromatic rings. The van der Waals surface area contributed by atoms with Crippen LogP contribution in [0.1, 0.15) is 331 Å². The molecule has 0 radical (unpaired) electrons. The van der Waals surface area contributed by atoms with E-state index in [2.05, 4.69) is 55.4 Å². The van der Waals surface area contributed by atoms with Crippen molar-refractivity contribution in [2.45, 2.75) is 350 Å². The molecular weight excluding hydrogens is 1150 g/mol. The van der Waals surface area contributed by atoms with Crippen LogP contribution in [0.25, 0.3) is 0 Å². The van der Waals surface area contributed by atoms with Crippen molar-refractivity contribution in [3.05, 3.63) is 0 Å². The van der Waals surface area contributed by atoms with Gasteiger partial charge in [0.2, 0.25) is 0 Å². The molecule has 0 bridgehead atoms. The summed E-state index contributed by atoms with van der Waals surface area (Å²) in [5.41, 5.74) is 0. The lowest BCUT2D eigenvalue weighted by molar-refractivity contribution is -0.161. The van der Waals surface area contributed by atoms with Crippen molar-refractivity contribution < 1.29 is 80.2 Å². The predicted molar refractivity (Wildman–Crippen MR) is 349 cm³/mol. The summed E-state index contributed by atoms with van der Waals surface area (Å²) < 4.78 is 68.2. The minimum atomic E-state index is -4.95. The molecule has 0 aromatic carbocycles. The van der Waals surface area contributed by atoms with Crippen LogP contribution >= 0.6 is 15.6 Å². The average molecular weight is 1280 g/mol. The van der Waals surface area contributed by atoms with Crippen molar-refractivity contribution in [1.82, 2.24) is 0 Å². The van der Waals surface area contributed by atoms with Crippen molar-refractivity contribution in [1.29, 1.82) is 0 Å². The van der Waals surface area contributed by atoms with E-state index in [1.807, 2.05) is 0 Å². The molecule has 516 valence electrons. The quantitative estimate of drug-likeness (QED) is 0.0222. The highest BCUT2D eigenvalue weighted by molar-refractivity contribution is 7.47. The fraction of sp³-hybridized carbons (Fsp3) is 0.941. The summed E-state index contributed by atoms with van der Waals surface area (Å²) in [7, 11) is -9.90. The molecule has 0 amide bonds. The summed E-state index contributed by atoms with van der Waals surface area (Å²) in [4.78, 5) is 72.4. The maximum atomic E-state index is 13.0. The van der Waals surface area contributed by atoms with Crippen LogP contribution in [0.15, 0.2) is 0 Å². The van der Waals surface area contributed by atoms with Crippen LogP contribution in [0.5, 0.6) is 0 Å². The molecule has 0 aliphatic heterocycles. The molecule has 4 unspecified atom stereocenters. The van der Waals surface area contributed by atoms with Crippen LogP contribution in [0, 0.1) is 23.7 Å². The van der Waals surface area contributed by atoms with E-state index >= 15 is 0 Å². The van der Waals surface area contributed by atoms with Gasteiger partial charge in [-0.05, 0) is 49.4 Å². The fourth-order valence-corrected chi connectivity index (χ4v) is 11.7. The second-order valence-corrected chi connectivity index (χ2v) is 29.1. The third kappa shape index (κ3) is 61.3. The lowest BCUT2D eigenvalue weighted by Crippen LogP contribution is -2.30. The Hall–Kier alpha value is -1.94. The molecular formula is C68H132O17P2. The molecule has 0 fully saturated rings. The molecule has 87 heavy (non-hydrogen) atoms. The lowest BCUT2D eigenvalue weighted by Gasteiger charge is -2.21. The summed E-state index contributed by atoms with van der Waals surface area (Å²) in [5, 5.41) is 10.6. The second kappa shape index (κ2) is 57.9. The van der Waals surface area contributed by atoms with Crippen LogP contribution in [0.2, 0.25) is 0 Å². The van der Waals surface area contributed by atoms with Gasteiger partial charge in [0.25, 0.3) is 0 Å². The summed E-state index contributed by atoms with van der Waals surface area (Å²) in [5.74, 6) is 0.836. The van der Waals surface area contributed by atoms with E-state index in [9.17, 15) is 43.2 Å². The third-order valence-electron chi connectivity index (χ3n) is 15.9. The van der Waals surface area contributed by atoms with Gasteiger partial charge in [0, 0.05) is 25.7 Å². The minimum absolute atomic E-state index is 0.104. The lowest BCUT2D eigenvalue weighted by atomic mass is 9.99. The van der Waals surface area contributed by atoms with E-state index in [4.69, 9.17) is 37.0 Å². The molecule has 3 N–H and O–H groups in total. The minimum Gasteiger partial charge on any atom is -0.462 e. The zero-order chi connectivity index (χ0) is 64.7. The maximum absolute atomic E-state index is 13.0. The third-order valence-corrected chi connectivity index (χ3v) is 17.8. The van der Waals surface area contributed by atoms with Crippen molar-refractivity contribution in [3.8, 4) is 0 Å². The van der Waals surface area contributed by atoms with Gasteiger partial charge in [-0.15, -0.1) is 0 Å². The Morgan fingerprint density at radius 1 is 0.322 bits per heavy atom. The number of carbonyl (C=O) groups excluding carboxylic acids is 4. The molecule has 0 saturated heterocycles. The Kier molecular flexibility index (Phi) is 56.6. The maximum Gasteiger partial charge on any atom is 0.472 e. The SMILES string of the molecule is CCC(C)CCCCCCCCCCC(=O)O[C@H](COC(=O)CCCCCCCCCCCC(C)C)COP(=O)(O)OCC(O)COP(=O)(O)OC[C@@H](COC(=O)CCCCCCCCCC(C)C)OC(=O)CCCCCCCCCCCCC(C)C. The first-order chi connectivity index (χ1) is 41.6. The molecule has 0 aliphatic rings. The zero-order valence-electron chi connectivity index (χ0n) is 56.6. The first kappa shape index (κ1) is 85.1. The van der Waals surface area contributed by atoms with Gasteiger partial charge in [-0.1, -0.05) is 280 Å². The van der Waals surface area contributed by atoms with E-state index in [0.717, 1.165) is 114 Å². The zero-order valence-corrected chi connectivity index (χ0v) is 58.4. The molecule has 0 heterocycles. The van der Waals surface area contributed by atoms with Gasteiger partial charge >= 0.3 is 39.5 Å². The van der Waals surface area contributed by atoms with E-state index < -0.39 is 97.5 Å². The summed E-state index contributed by atoms with van der Waals surface area (Å²) in [6, 6.07) is 0. The van der Waals surface area contributed by atoms with Gasteiger partial charge in [-0.2, -0.15) is 0 Å². The molecule has 0 saturated carbocycles. The van der Waals surface area contributed by atoms with Crippen LogP contribution in [-0.2, 0) is 65.4 Å². The molecule has 0 aromatic heterocycles. The fourth-order valence-electron chi connectivity index (χ4n) is 10.1.